The van der Waals surface area contributed by atoms with E-state index >= 15 is 0 Å². The van der Waals surface area contributed by atoms with Crippen LogP contribution in [-0.2, 0) is 4.79 Å². The van der Waals surface area contributed by atoms with Gasteiger partial charge < -0.3 is 5.32 Å². The van der Waals surface area contributed by atoms with Gasteiger partial charge in [0.15, 0.2) is 5.78 Å². The Hall–Kier alpha value is -0.790. The molecule has 0 aliphatic carbocycles. The van der Waals surface area contributed by atoms with Crippen LogP contribution in [0, 0.1) is 5.92 Å². The number of hydrogen-bond donors (Lipinski definition) is 1. The molecule has 0 unspecified atom stereocenters. The van der Waals surface area contributed by atoms with E-state index in [-0.39, 0.29) is 0 Å². The average Bonchev–Trinajstić information content (AvgIpc) is 2.03. The zero-order valence-electron chi connectivity index (χ0n) is 8.11. The van der Waals surface area contributed by atoms with Crippen LogP contribution in [0.25, 0.3) is 0 Å². The lowest BCUT2D eigenvalue weighted by atomic mass is 9.91. The molecule has 1 aliphatic heterocycles. The Kier molecular flexibility index (Phi) is 2.90. The molecule has 12 heavy (non-hydrogen) atoms. The van der Waals surface area contributed by atoms with Crippen molar-refractivity contribution in [1.29, 1.82) is 0 Å². The SMILES string of the molecule is CCC1=C(C(C)C)C(=O)CCN1. The van der Waals surface area contributed by atoms with Crippen molar-refractivity contribution in [2.75, 3.05) is 6.54 Å². The van der Waals surface area contributed by atoms with Crippen LogP contribution in [0.15, 0.2) is 11.3 Å². The Labute approximate surface area is 74.0 Å². The lowest BCUT2D eigenvalue weighted by molar-refractivity contribution is -0.116. The van der Waals surface area contributed by atoms with Gasteiger partial charge in [0.2, 0.25) is 0 Å². The van der Waals surface area contributed by atoms with E-state index in [0.717, 1.165) is 24.2 Å². The zero-order valence-corrected chi connectivity index (χ0v) is 8.11. The number of allylic oxidation sites excluding steroid dienone is 2. The number of Topliss-reactive ketones (excluding diaryl/α,β-unsaturated/α-hetero) is 1. The summed E-state index contributed by atoms with van der Waals surface area (Å²) in [5.41, 5.74) is 2.17. The molecule has 2 heteroatoms. The number of ketones is 1. The minimum atomic E-state index is 0.334. The molecule has 0 amide bonds. The van der Waals surface area contributed by atoms with Gasteiger partial charge in [0.25, 0.3) is 0 Å². The summed E-state index contributed by atoms with van der Waals surface area (Å²) < 4.78 is 0. The average molecular weight is 167 g/mol. The summed E-state index contributed by atoms with van der Waals surface area (Å²) in [4.78, 5) is 11.5. The van der Waals surface area contributed by atoms with Crippen LogP contribution in [0.5, 0.6) is 0 Å². The lowest BCUT2D eigenvalue weighted by Gasteiger charge is -2.22. The largest absolute Gasteiger partial charge is 0.388 e. The Morgan fingerprint density at radius 3 is 2.58 bits per heavy atom. The van der Waals surface area contributed by atoms with Crippen molar-refractivity contribution in [2.45, 2.75) is 33.6 Å². The maximum atomic E-state index is 11.5. The van der Waals surface area contributed by atoms with E-state index in [2.05, 4.69) is 26.1 Å². The molecule has 1 heterocycles. The zero-order chi connectivity index (χ0) is 9.14. The number of hydrogen-bond acceptors (Lipinski definition) is 2. The quantitative estimate of drug-likeness (QED) is 0.680. The first-order valence-electron chi connectivity index (χ1n) is 4.67. The second kappa shape index (κ2) is 3.74. The Morgan fingerprint density at radius 1 is 1.50 bits per heavy atom. The fourth-order valence-electron chi connectivity index (χ4n) is 1.71. The van der Waals surface area contributed by atoms with E-state index in [1.165, 1.54) is 0 Å². The van der Waals surface area contributed by atoms with Crippen LogP contribution < -0.4 is 5.32 Å². The van der Waals surface area contributed by atoms with Gasteiger partial charge in [-0.2, -0.15) is 0 Å². The molecule has 0 fully saturated rings. The standard InChI is InChI=1S/C10H17NO/c1-4-8-10(7(2)3)9(12)5-6-11-8/h7,11H,4-6H2,1-3H3. The van der Waals surface area contributed by atoms with Crippen LogP contribution >= 0.6 is 0 Å². The summed E-state index contributed by atoms with van der Waals surface area (Å²) in [7, 11) is 0. The van der Waals surface area contributed by atoms with E-state index in [4.69, 9.17) is 0 Å². The second-order valence-electron chi connectivity index (χ2n) is 3.50. The van der Waals surface area contributed by atoms with Crippen LogP contribution in [0.2, 0.25) is 0 Å². The van der Waals surface area contributed by atoms with Gasteiger partial charge in [0, 0.05) is 24.2 Å². The third-order valence-electron chi connectivity index (χ3n) is 2.25. The summed E-state index contributed by atoms with van der Waals surface area (Å²) >= 11 is 0. The molecule has 0 atom stereocenters. The number of carbonyl (C=O) groups is 1. The summed E-state index contributed by atoms with van der Waals surface area (Å²) in [5, 5.41) is 3.29. The van der Waals surface area contributed by atoms with E-state index in [9.17, 15) is 4.79 Å². The van der Waals surface area contributed by atoms with E-state index in [1.54, 1.807) is 0 Å². The van der Waals surface area contributed by atoms with Gasteiger partial charge >= 0.3 is 0 Å². The lowest BCUT2D eigenvalue weighted by Crippen LogP contribution is -2.29. The van der Waals surface area contributed by atoms with Crippen molar-refractivity contribution in [3.63, 3.8) is 0 Å². The number of nitrogens with one attached hydrogen (secondary N) is 1. The first kappa shape index (κ1) is 9.30. The normalized spacial score (nSPS) is 18.5. The molecular formula is C10H17NO. The van der Waals surface area contributed by atoms with Crippen molar-refractivity contribution in [3.05, 3.63) is 11.3 Å². The van der Waals surface area contributed by atoms with Crippen LogP contribution in [0.4, 0.5) is 0 Å². The van der Waals surface area contributed by atoms with Crippen molar-refractivity contribution < 1.29 is 4.79 Å². The first-order chi connectivity index (χ1) is 5.66. The molecule has 0 aromatic heterocycles. The molecule has 0 spiro atoms. The summed E-state index contributed by atoms with van der Waals surface area (Å²) in [6.45, 7) is 7.06. The topological polar surface area (TPSA) is 29.1 Å². The molecule has 68 valence electrons. The van der Waals surface area contributed by atoms with E-state index in [1.807, 2.05) is 0 Å². The van der Waals surface area contributed by atoms with Gasteiger partial charge in [0.1, 0.15) is 0 Å². The second-order valence-corrected chi connectivity index (χ2v) is 3.50. The fraction of sp³-hybridized carbons (Fsp3) is 0.700. The van der Waals surface area contributed by atoms with E-state index in [0.29, 0.717) is 18.1 Å². The van der Waals surface area contributed by atoms with Crippen LogP contribution in [-0.4, -0.2) is 12.3 Å². The summed E-state index contributed by atoms with van der Waals surface area (Å²) in [6, 6.07) is 0. The molecule has 1 aliphatic rings. The number of carbonyl (C=O) groups excluding carboxylic acids is 1. The smallest absolute Gasteiger partial charge is 0.162 e. The molecule has 0 radical (unpaired) electrons. The summed E-state index contributed by atoms with van der Waals surface area (Å²) in [6.07, 6.45) is 1.61. The van der Waals surface area contributed by atoms with Gasteiger partial charge in [-0.05, 0) is 12.3 Å². The molecule has 1 N–H and O–H groups in total. The third-order valence-corrected chi connectivity index (χ3v) is 2.25. The monoisotopic (exact) mass is 167 g/mol. The highest BCUT2D eigenvalue weighted by Crippen LogP contribution is 2.20. The summed E-state index contributed by atoms with van der Waals surface area (Å²) in [5.74, 6) is 0.695. The van der Waals surface area contributed by atoms with Crippen molar-refractivity contribution in [3.8, 4) is 0 Å². The Bertz CT molecular complexity index is 216. The van der Waals surface area contributed by atoms with Gasteiger partial charge in [0.05, 0.1) is 0 Å². The highest BCUT2D eigenvalue weighted by molar-refractivity contribution is 5.97. The highest BCUT2D eigenvalue weighted by Gasteiger charge is 2.20. The molecule has 0 saturated carbocycles. The van der Waals surface area contributed by atoms with Crippen LogP contribution in [0.1, 0.15) is 33.6 Å². The van der Waals surface area contributed by atoms with Gasteiger partial charge in [-0.3, -0.25) is 4.79 Å². The minimum absolute atomic E-state index is 0.334. The predicted octanol–water partition coefficient (Wildman–Crippen LogP) is 1.87. The van der Waals surface area contributed by atoms with Gasteiger partial charge in [-0.25, -0.2) is 0 Å². The third kappa shape index (κ3) is 1.68. The molecule has 0 aromatic carbocycles. The van der Waals surface area contributed by atoms with Gasteiger partial charge in [-0.15, -0.1) is 0 Å². The maximum absolute atomic E-state index is 11.5. The van der Waals surface area contributed by atoms with E-state index < -0.39 is 0 Å². The Morgan fingerprint density at radius 2 is 2.17 bits per heavy atom. The first-order valence-corrected chi connectivity index (χ1v) is 4.67. The van der Waals surface area contributed by atoms with Crippen molar-refractivity contribution in [2.24, 2.45) is 5.92 Å². The molecule has 2 nitrogen and oxygen atoms in total. The Balaban J connectivity index is 2.95. The fourth-order valence-corrected chi connectivity index (χ4v) is 1.71. The maximum Gasteiger partial charge on any atom is 0.162 e. The van der Waals surface area contributed by atoms with Gasteiger partial charge in [-0.1, -0.05) is 20.8 Å². The van der Waals surface area contributed by atoms with Crippen LogP contribution in [0.3, 0.4) is 0 Å². The minimum Gasteiger partial charge on any atom is -0.388 e. The molecule has 0 aromatic rings. The molecule has 0 bridgehead atoms. The molecule has 0 saturated heterocycles. The van der Waals surface area contributed by atoms with Crippen molar-refractivity contribution in [1.82, 2.24) is 5.32 Å². The predicted molar refractivity (Wildman–Crippen MR) is 49.8 cm³/mol. The number of rotatable bonds is 2. The van der Waals surface area contributed by atoms with Crippen molar-refractivity contribution >= 4 is 5.78 Å². The molecule has 1 rings (SSSR count). The highest BCUT2D eigenvalue weighted by atomic mass is 16.1. The molecular weight excluding hydrogens is 150 g/mol.